The number of hydrazine groups is 1. The van der Waals surface area contributed by atoms with Crippen LogP contribution in [0, 0.1) is 25.7 Å². The maximum Gasteiger partial charge on any atom is 0.236 e. The minimum absolute atomic E-state index is 0.00977. The van der Waals surface area contributed by atoms with E-state index in [0.29, 0.717) is 6.54 Å². The van der Waals surface area contributed by atoms with Crippen molar-refractivity contribution >= 4 is 23.1 Å². The lowest BCUT2D eigenvalue weighted by molar-refractivity contribution is -0.136. The van der Waals surface area contributed by atoms with E-state index in [-0.39, 0.29) is 29.8 Å². The molecule has 4 unspecified atom stereocenters. The number of hydrogen-bond acceptors (Lipinski definition) is 5. The molecule has 6 heteroatoms. The number of fused-ring (bicyclic) bond motifs is 1. The molecule has 4 atom stereocenters. The van der Waals surface area contributed by atoms with Crippen LogP contribution in [-0.2, 0) is 9.59 Å². The molecule has 2 aliphatic rings. The van der Waals surface area contributed by atoms with E-state index in [1.807, 2.05) is 74.3 Å². The maximum atomic E-state index is 13.2. The fourth-order valence-corrected chi connectivity index (χ4v) is 4.23. The van der Waals surface area contributed by atoms with Crippen molar-refractivity contribution in [1.82, 2.24) is 10.7 Å². The van der Waals surface area contributed by atoms with Gasteiger partial charge in [0.25, 0.3) is 0 Å². The number of rotatable bonds is 3. The summed E-state index contributed by atoms with van der Waals surface area (Å²) < 4.78 is 0. The van der Waals surface area contributed by atoms with Crippen molar-refractivity contribution in [1.29, 1.82) is 0 Å². The molecule has 6 nitrogen and oxygen atoms in total. The number of ketones is 1. The average molecular weight is 378 g/mol. The molecule has 2 heterocycles. The summed E-state index contributed by atoms with van der Waals surface area (Å²) in [4.78, 5) is 26.1. The summed E-state index contributed by atoms with van der Waals surface area (Å²) in [6.07, 6.45) is -0.157. The summed E-state index contributed by atoms with van der Waals surface area (Å²) in [6, 6.07) is 15.7. The number of nitrogens with one attached hydrogen (secondary N) is 3. The molecule has 0 aromatic heterocycles. The molecule has 2 aromatic carbocycles. The third kappa shape index (κ3) is 3.30. The fourth-order valence-electron chi connectivity index (χ4n) is 4.23. The van der Waals surface area contributed by atoms with Gasteiger partial charge in [0, 0.05) is 18.3 Å². The smallest absolute Gasteiger partial charge is 0.236 e. The van der Waals surface area contributed by atoms with Gasteiger partial charge in [0.05, 0.1) is 11.6 Å². The second-order valence-electron chi connectivity index (χ2n) is 7.76. The van der Waals surface area contributed by atoms with Gasteiger partial charge in [-0.2, -0.15) is 0 Å². The van der Waals surface area contributed by atoms with Crippen LogP contribution >= 0.6 is 0 Å². The molecule has 0 saturated carbocycles. The van der Waals surface area contributed by atoms with Crippen LogP contribution in [0.25, 0.3) is 0 Å². The van der Waals surface area contributed by atoms with Gasteiger partial charge < -0.3 is 5.32 Å². The summed E-state index contributed by atoms with van der Waals surface area (Å²) in [5.74, 6) is -1.23. The Hall–Kier alpha value is -2.70. The molecule has 2 fully saturated rings. The molecule has 4 rings (SSSR count). The Bertz CT molecular complexity index is 899. The number of piperidine rings is 1. The SMILES string of the molecule is Cc1ccc(NC(=O)C2CNC3C(C2=O)C(C)NN3c2ccccc2)c(C)c1. The molecule has 1 amide bonds. The zero-order valence-electron chi connectivity index (χ0n) is 16.4. The van der Waals surface area contributed by atoms with Crippen molar-refractivity contribution in [2.75, 3.05) is 16.9 Å². The third-order valence-electron chi connectivity index (χ3n) is 5.69. The first kappa shape index (κ1) is 18.7. The number of hydrogen-bond donors (Lipinski definition) is 3. The van der Waals surface area contributed by atoms with E-state index in [9.17, 15) is 9.59 Å². The van der Waals surface area contributed by atoms with Crippen LogP contribution in [0.2, 0.25) is 0 Å². The molecule has 3 N–H and O–H groups in total. The molecule has 0 radical (unpaired) electrons. The predicted molar refractivity (Wildman–Crippen MR) is 110 cm³/mol. The Balaban J connectivity index is 1.51. The number of carbonyl (C=O) groups excluding carboxylic acids is 2. The van der Waals surface area contributed by atoms with Gasteiger partial charge in [-0.05, 0) is 44.5 Å². The number of nitrogens with zero attached hydrogens (tertiary/aromatic N) is 1. The Morgan fingerprint density at radius 2 is 1.89 bits per heavy atom. The van der Waals surface area contributed by atoms with Crippen LogP contribution in [0.1, 0.15) is 18.1 Å². The molecule has 0 aliphatic carbocycles. The zero-order chi connectivity index (χ0) is 19.8. The van der Waals surface area contributed by atoms with E-state index in [2.05, 4.69) is 16.1 Å². The van der Waals surface area contributed by atoms with Gasteiger partial charge in [-0.1, -0.05) is 35.9 Å². The highest BCUT2D eigenvalue weighted by Gasteiger charge is 2.50. The van der Waals surface area contributed by atoms with Crippen molar-refractivity contribution in [2.45, 2.75) is 33.0 Å². The van der Waals surface area contributed by atoms with Crippen LogP contribution < -0.4 is 21.1 Å². The molecule has 0 spiro atoms. The van der Waals surface area contributed by atoms with Crippen LogP contribution in [0.5, 0.6) is 0 Å². The lowest BCUT2D eigenvalue weighted by atomic mass is 9.83. The number of benzene rings is 2. The van der Waals surface area contributed by atoms with Gasteiger partial charge in [-0.15, -0.1) is 0 Å². The van der Waals surface area contributed by atoms with Crippen LogP contribution in [0.4, 0.5) is 11.4 Å². The third-order valence-corrected chi connectivity index (χ3v) is 5.69. The lowest BCUT2D eigenvalue weighted by Crippen LogP contribution is -2.58. The highest BCUT2D eigenvalue weighted by molar-refractivity contribution is 6.09. The topological polar surface area (TPSA) is 73.5 Å². The first-order chi connectivity index (χ1) is 13.5. The van der Waals surface area contributed by atoms with E-state index >= 15 is 0 Å². The number of carbonyl (C=O) groups is 2. The highest BCUT2D eigenvalue weighted by Crippen LogP contribution is 2.32. The summed E-state index contributed by atoms with van der Waals surface area (Å²) in [5, 5.41) is 8.36. The normalized spacial score (nSPS) is 26.8. The van der Waals surface area contributed by atoms with Crippen molar-refractivity contribution in [3.8, 4) is 0 Å². The second-order valence-corrected chi connectivity index (χ2v) is 7.76. The highest BCUT2D eigenvalue weighted by atomic mass is 16.2. The zero-order valence-corrected chi connectivity index (χ0v) is 16.4. The summed E-state index contributed by atoms with van der Waals surface area (Å²) in [7, 11) is 0. The average Bonchev–Trinajstić information content (AvgIpc) is 3.02. The lowest BCUT2D eigenvalue weighted by Gasteiger charge is -2.35. The van der Waals surface area contributed by atoms with E-state index < -0.39 is 5.92 Å². The monoisotopic (exact) mass is 378 g/mol. The molecule has 146 valence electrons. The number of amides is 1. The number of aryl methyl sites for hydroxylation is 2. The van der Waals surface area contributed by atoms with Crippen LogP contribution in [-0.4, -0.2) is 30.4 Å². The first-order valence-corrected chi connectivity index (χ1v) is 9.71. The van der Waals surface area contributed by atoms with Gasteiger partial charge >= 0.3 is 0 Å². The Morgan fingerprint density at radius 3 is 2.61 bits per heavy atom. The van der Waals surface area contributed by atoms with E-state index in [0.717, 1.165) is 22.5 Å². The van der Waals surface area contributed by atoms with Crippen molar-refractivity contribution in [3.05, 3.63) is 59.7 Å². The minimum Gasteiger partial charge on any atom is -0.325 e. The quantitative estimate of drug-likeness (QED) is 0.715. The Labute approximate surface area is 165 Å². The summed E-state index contributed by atoms with van der Waals surface area (Å²) >= 11 is 0. The van der Waals surface area contributed by atoms with Gasteiger partial charge in [-0.3, -0.25) is 19.9 Å². The first-order valence-electron chi connectivity index (χ1n) is 9.71. The standard InChI is InChI=1S/C22H26N4O2/c1-13-9-10-18(14(2)11-13)24-22(28)17-12-23-21-19(20(17)27)15(3)25-26(21)16-7-5-4-6-8-16/h4-11,15,17,19,21,23,25H,12H2,1-3H3,(H,24,28). The van der Waals surface area contributed by atoms with Gasteiger partial charge in [0.2, 0.25) is 5.91 Å². The largest absolute Gasteiger partial charge is 0.325 e. The summed E-state index contributed by atoms with van der Waals surface area (Å²) in [5.41, 5.74) is 7.28. The molecule has 28 heavy (non-hydrogen) atoms. The fraction of sp³-hybridized carbons (Fsp3) is 0.364. The van der Waals surface area contributed by atoms with E-state index in [1.165, 1.54) is 0 Å². The van der Waals surface area contributed by atoms with Gasteiger partial charge in [-0.25, -0.2) is 5.43 Å². The maximum absolute atomic E-state index is 13.2. The molecular weight excluding hydrogens is 352 g/mol. The minimum atomic E-state index is -0.693. The predicted octanol–water partition coefficient (Wildman–Crippen LogP) is 2.39. The van der Waals surface area contributed by atoms with Crippen LogP contribution in [0.15, 0.2) is 48.5 Å². The molecule has 2 saturated heterocycles. The summed E-state index contributed by atoms with van der Waals surface area (Å²) in [6.45, 7) is 6.29. The number of Topliss-reactive ketones (excluding diaryl/α,β-unsaturated/α-hetero) is 1. The van der Waals surface area contributed by atoms with Gasteiger partial charge in [0.1, 0.15) is 12.1 Å². The molecule has 0 bridgehead atoms. The Kier molecular flexibility index (Phi) is 4.91. The Morgan fingerprint density at radius 1 is 1.14 bits per heavy atom. The van der Waals surface area contributed by atoms with Crippen molar-refractivity contribution < 1.29 is 9.59 Å². The van der Waals surface area contributed by atoms with Gasteiger partial charge in [0.15, 0.2) is 5.78 Å². The molecule has 2 aliphatic heterocycles. The molecule has 2 aromatic rings. The van der Waals surface area contributed by atoms with E-state index in [4.69, 9.17) is 0 Å². The second kappa shape index (κ2) is 7.37. The molecular formula is C22H26N4O2. The van der Waals surface area contributed by atoms with E-state index in [1.54, 1.807) is 0 Å². The number of anilines is 2. The van der Waals surface area contributed by atoms with Crippen molar-refractivity contribution in [3.63, 3.8) is 0 Å². The van der Waals surface area contributed by atoms with Crippen molar-refractivity contribution in [2.24, 2.45) is 11.8 Å². The van der Waals surface area contributed by atoms with Crippen LogP contribution in [0.3, 0.4) is 0 Å². The number of para-hydroxylation sites is 1.